The summed E-state index contributed by atoms with van der Waals surface area (Å²) in [7, 11) is 0. The number of nitrogens with zero attached hydrogens (tertiary/aromatic N) is 11. The van der Waals surface area contributed by atoms with Gasteiger partial charge in [0.05, 0.1) is 17.0 Å². The van der Waals surface area contributed by atoms with E-state index in [-0.39, 0.29) is 39.8 Å². The van der Waals surface area contributed by atoms with Crippen molar-refractivity contribution in [1.29, 1.82) is 10.5 Å². The van der Waals surface area contributed by atoms with E-state index in [1.54, 1.807) is 0 Å². The molecule has 4 heterocycles. The van der Waals surface area contributed by atoms with Crippen LogP contribution >= 0.6 is 0 Å². The van der Waals surface area contributed by atoms with Crippen LogP contribution in [0.15, 0.2) is 91.0 Å². The molecule has 7 aromatic rings. The highest BCUT2D eigenvalue weighted by atomic mass is 15.1. The minimum atomic E-state index is -0.135. The average Bonchev–Trinajstić information content (AvgIpc) is 3.13. The molecule has 210 valence electrons. The highest BCUT2D eigenvalue weighted by Gasteiger charge is 2.22. The van der Waals surface area contributed by atoms with E-state index in [0.29, 0.717) is 28.3 Å². The van der Waals surface area contributed by atoms with Gasteiger partial charge in [-0.15, -0.1) is 9.97 Å². The summed E-state index contributed by atoms with van der Waals surface area (Å²) in [4.78, 5) is 38.7. The van der Waals surface area contributed by atoms with Gasteiger partial charge in [-0.3, -0.25) is 0 Å². The van der Waals surface area contributed by atoms with Gasteiger partial charge in [0.1, 0.15) is 29.0 Å². The molecular formula is C35H15N11. The van der Waals surface area contributed by atoms with E-state index in [2.05, 4.69) is 24.6 Å². The quantitative estimate of drug-likeness (QED) is 0.193. The van der Waals surface area contributed by atoms with Gasteiger partial charge in [0.15, 0.2) is 11.3 Å². The van der Waals surface area contributed by atoms with Crippen LogP contribution in [0.5, 0.6) is 0 Å². The largest absolute Gasteiger partial charge is 0.370 e. The van der Waals surface area contributed by atoms with Crippen LogP contribution in [-0.4, -0.2) is 34.9 Å². The topological polar surface area (TPSA) is 147 Å². The molecule has 3 aromatic carbocycles. The Labute approximate surface area is 261 Å². The Morgan fingerprint density at radius 1 is 0.478 bits per heavy atom. The summed E-state index contributed by atoms with van der Waals surface area (Å²) < 4.78 is 0. The first-order valence-electron chi connectivity index (χ1n) is 13.7. The molecule has 11 nitrogen and oxygen atoms in total. The van der Waals surface area contributed by atoms with Crippen LogP contribution in [0, 0.1) is 35.8 Å². The lowest BCUT2D eigenvalue weighted by Gasteiger charge is -2.12. The zero-order valence-electron chi connectivity index (χ0n) is 23.6. The zero-order chi connectivity index (χ0) is 31.6. The van der Waals surface area contributed by atoms with Gasteiger partial charge in [0.2, 0.25) is 0 Å². The Hall–Kier alpha value is -7.47. The fraction of sp³-hybridized carbons (Fsp3) is 0. The van der Waals surface area contributed by atoms with Gasteiger partial charge < -0.3 is 9.69 Å². The first-order valence-corrected chi connectivity index (χ1v) is 13.7. The van der Waals surface area contributed by atoms with Crippen LogP contribution in [0.3, 0.4) is 0 Å². The van der Waals surface area contributed by atoms with E-state index in [1.807, 2.05) is 97.1 Å². The summed E-state index contributed by atoms with van der Waals surface area (Å²) >= 11 is 0. The summed E-state index contributed by atoms with van der Waals surface area (Å²) in [6.07, 6.45) is 0. The van der Waals surface area contributed by atoms with Crippen LogP contribution in [0.4, 0.5) is 11.6 Å². The van der Waals surface area contributed by atoms with E-state index in [1.165, 1.54) is 6.07 Å². The molecule has 0 atom stereocenters. The van der Waals surface area contributed by atoms with Crippen molar-refractivity contribution in [3.8, 4) is 57.2 Å². The van der Waals surface area contributed by atoms with Crippen molar-refractivity contribution in [2.45, 2.75) is 0 Å². The summed E-state index contributed by atoms with van der Waals surface area (Å²) in [5.41, 5.74) is 6.32. The minimum absolute atomic E-state index is 0.0191. The standard InChI is InChI=1S/C35H15N11/c1-38-32-33(39-2)46-35-34(45-32)43-28(21-11-7-4-8-12-21)30(44-35)23-15-13-22(14-16-23)29-27(20-9-5-3-6-10-20)40-25-17-24(18-36)26(19-37)41-31(25)42-29/h3-17H. The lowest BCUT2D eigenvalue weighted by Crippen LogP contribution is -2.00. The van der Waals surface area contributed by atoms with Crippen molar-refractivity contribution in [2.75, 3.05) is 0 Å². The van der Waals surface area contributed by atoms with Crippen LogP contribution in [0.1, 0.15) is 11.3 Å². The monoisotopic (exact) mass is 589 g/mol. The van der Waals surface area contributed by atoms with Crippen molar-refractivity contribution in [3.63, 3.8) is 0 Å². The van der Waals surface area contributed by atoms with Gasteiger partial charge in [-0.25, -0.2) is 15.0 Å². The van der Waals surface area contributed by atoms with E-state index < -0.39 is 0 Å². The molecule has 0 saturated carbocycles. The number of rotatable bonds is 4. The molecule has 0 N–H and O–H groups in total. The number of benzene rings is 3. The van der Waals surface area contributed by atoms with Crippen molar-refractivity contribution in [3.05, 3.63) is 125 Å². The average molecular weight is 590 g/mol. The molecule has 0 fully saturated rings. The van der Waals surface area contributed by atoms with Crippen molar-refractivity contribution in [2.24, 2.45) is 0 Å². The third-order valence-electron chi connectivity index (χ3n) is 7.10. The Morgan fingerprint density at radius 2 is 0.913 bits per heavy atom. The molecular weight excluding hydrogens is 574 g/mol. The van der Waals surface area contributed by atoms with Gasteiger partial charge in [-0.2, -0.15) is 20.5 Å². The normalized spacial score (nSPS) is 10.5. The number of nitriles is 2. The van der Waals surface area contributed by atoms with Crippen LogP contribution in [-0.2, 0) is 0 Å². The first kappa shape index (κ1) is 27.4. The molecule has 46 heavy (non-hydrogen) atoms. The molecule has 0 unspecified atom stereocenters. The molecule has 0 bridgehead atoms. The van der Waals surface area contributed by atoms with Crippen LogP contribution < -0.4 is 0 Å². The third-order valence-corrected chi connectivity index (χ3v) is 7.10. The fourth-order valence-electron chi connectivity index (χ4n) is 4.96. The van der Waals surface area contributed by atoms with Crippen molar-refractivity contribution >= 4 is 34.1 Å². The van der Waals surface area contributed by atoms with E-state index in [0.717, 1.165) is 22.3 Å². The molecule has 0 spiro atoms. The van der Waals surface area contributed by atoms with Gasteiger partial charge >= 0.3 is 11.3 Å². The summed E-state index contributed by atoms with van der Waals surface area (Å²) in [5.74, 6) is -0.261. The Balaban J connectivity index is 1.42. The van der Waals surface area contributed by atoms with Gasteiger partial charge in [0, 0.05) is 22.3 Å². The molecule has 7 rings (SSSR count). The zero-order valence-corrected chi connectivity index (χ0v) is 23.6. The number of hydrogen-bond acceptors (Lipinski definition) is 9. The Kier molecular flexibility index (Phi) is 6.73. The molecule has 0 radical (unpaired) electrons. The van der Waals surface area contributed by atoms with E-state index >= 15 is 0 Å². The molecule has 11 heteroatoms. The van der Waals surface area contributed by atoms with E-state index in [4.69, 9.17) is 33.1 Å². The second kappa shape index (κ2) is 11.3. The lowest BCUT2D eigenvalue weighted by molar-refractivity contribution is 1.18. The van der Waals surface area contributed by atoms with Crippen molar-refractivity contribution < 1.29 is 0 Å². The third kappa shape index (κ3) is 4.75. The first-order chi connectivity index (χ1) is 22.6. The number of hydrogen-bond donors (Lipinski definition) is 0. The minimum Gasteiger partial charge on any atom is -0.370 e. The Morgan fingerprint density at radius 3 is 1.35 bits per heavy atom. The predicted octanol–water partition coefficient (Wildman–Crippen LogP) is 7.27. The summed E-state index contributed by atoms with van der Waals surface area (Å²) in [5, 5.41) is 19.1. The molecule has 0 aliphatic heterocycles. The maximum absolute atomic E-state index is 9.53. The number of pyridine rings is 1. The van der Waals surface area contributed by atoms with Gasteiger partial charge in [0.25, 0.3) is 11.6 Å². The predicted molar refractivity (Wildman–Crippen MR) is 170 cm³/mol. The maximum atomic E-state index is 9.53. The smallest absolute Gasteiger partial charge is 0.316 e. The molecule has 0 saturated heterocycles. The second-order valence-corrected chi connectivity index (χ2v) is 9.84. The summed E-state index contributed by atoms with van der Waals surface area (Å²) in [6, 6.07) is 32.0. The fourth-order valence-corrected chi connectivity index (χ4v) is 4.96. The second-order valence-electron chi connectivity index (χ2n) is 9.84. The number of fused-ring (bicyclic) bond motifs is 2. The van der Waals surface area contributed by atoms with Gasteiger partial charge in [-0.05, 0) is 6.07 Å². The highest BCUT2D eigenvalue weighted by Crippen LogP contribution is 2.35. The lowest BCUT2D eigenvalue weighted by atomic mass is 10.00. The highest BCUT2D eigenvalue weighted by molar-refractivity contribution is 5.88. The van der Waals surface area contributed by atoms with E-state index in [9.17, 15) is 10.5 Å². The Bertz CT molecular complexity index is 2320. The molecule has 0 amide bonds. The number of aromatic nitrogens is 7. The van der Waals surface area contributed by atoms with Crippen LogP contribution in [0.2, 0.25) is 0 Å². The SMILES string of the molecule is [C-]#[N+]c1nc2nc(-c3ccccc3)c(-c3ccc(-c4nc5nc(C#N)c(C#N)cc5nc4-c4ccccc4)cc3)nc2nc1[N+]#[C-]. The molecule has 4 aromatic heterocycles. The molecule has 0 aliphatic carbocycles. The summed E-state index contributed by atoms with van der Waals surface area (Å²) in [6.45, 7) is 14.8. The van der Waals surface area contributed by atoms with Crippen molar-refractivity contribution in [1.82, 2.24) is 34.9 Å². The molecule has 0 aliphatic rings. The van der Waals surface area contributed by atoms with Gasteiger partial charge in [-0.1, -0.05) is 98.1 Å². The van der Waals surface area contributed by atoms with Crippen LogP contribution in [0.25, 0.3) is 77.2 Å². The maximum Gasteiger partial charge on any atom is 0.316 e.